The number of rotatable bonds is 12. The number of hydrogen-bond donors (Lipinski definition) is 1. The predicted molar refractivity (Wildman–Crippen MR) is 182 cm³/mol. The second-order valence-corrected chi connectivity index (χ2v) is 12.3. The second-order valence-electron chi connectivity index (χ2n) is 12.3. The van der Waals surface area contributed by atoms with E-state index in [-0.39, 0.29) is 36.7 Å². The summed E-state index contributed by atoms with van der Waals surface area (Å²) in [5.74, 6) is -1.25. The first-order valence-corrected chi connectivity index (χ1v) is 16.2. The Labute approximate surface area is 276 Å². The Morgan fingerprint density at radius 1 is 0.957 bits per heavy atom. The molecule has 1 fully saturated rings. The van der Waals surface area contributed by atoms with Crippen molar-refractivity contribution >= 4 is 23.2 Å². The lowest BCUT2D eigenvalue weighted by Gasteiger charge is -2.31. The average Bonchev–Trinajstić information content (AvgIpc) is 3.55. The van der Waals surface area contributed by atoms with E-state index in [1.165, 1.54) is 7.11 Å². The lowest BCUT2D eigenvalue weighted by Crippen LogP contribution is -2.50. The number of methoxy groups -OCH3 is 1. The van der Waals surface area contributed by atoms with Crippen molar-refractivity contribution in [3.8, 4) is 6.07 Å². The molecule has 0 unspecified atom stereocenters. The van der Waals surface area contributed by atoms with E-state index in [0.717, 1.165) is 58.5 Å². The molecule has 3 atom stereocenters. The molecular formula is C40H39N3O4. The minimum atomic E-state index is -0.584. The van der Waals surface area contributed by atoms with Gasteiger partial charge in [-0.05, 0) is 58.9 Å². The Kier molecular flexibility index (Phi) is 10.3. The van der Waals surface area contributed by atoms with Crippen molar-refractivity contribution in [2.24, 2.45) is 10.9 Å². The molecule has 1 saturated heterocycles. The van der Waals surface area contributed by atoms with Gasteiger partial charge >= 0.3 is 5.97 Å². The van der Waals surface area contributed by atoms with E-state index in [4.69, 9.17) is 14.5 Å². The standard InChI is InChI=1S/C40H39N3O4/c1-46-39(45)23-34(40(29-11-4-2-5-12-29)30-13-6-3-7-14-30)38(44)22-31-15-9-8-10-28(31)17-18-33-25-42-37(26-47-33)36-21-32-20-27(24-41)16-19-35(32)43-36/h2-16,19-20,33-34,37,40,42H,17-18,21-23,25-26H2,1H3/t33-,34-,37+/m1/s1. The number of ketones is 1. The summed E-state index contributed by atoms with van der Waals surface area (Å²) in [6.45, 7) is 1.25. The number of ether oxygens (including phenoxy) is 2. The number of carbonyl (C=O) groups excluding carboxylic acids is 2. The van der Waals surface area contributed by atoms with Gasteiger partial charge in [-0.25, -0.2) is 0 Å². The van der Waals surface area contributed by atoms with Crippen molar-refractivity contribution in [2.45, 2.75) is 50.2 Å². The minimum Gasteiger partial charge on any atom is -0.469 e. The highest BCUT2D eigenvalue weighted by Crippen LogP contribution is 2.36. The number of nitrogens with one attached hydrogen (secondary N) is 1. The molecule has 238 valence electrons. The van der Waals surface area contributed by atoms with Gasteiger partial charge in [-0.15, -0.1) is 0 Å². The molecule has 0 amide bonds. The molecule has 0 aromatic heterocycles. The lowest BCUT2D eigenvalue weighted by atomic mass is 9.75. The van der Waals surface area contributed by atoms with Crippen LogP contribution in [0.25, 0.3) is 0 Å². The molecule has 0 saturated carbocycles. The summed E-state index contributed by atoms with van der Waals surface area (Å²) in [4.78, 5) is 31.7. The van der Waals surface area contributed by atoms with Gasteiger partial charge in [0, 0.05) is 36.9 Å². The number of carbonyl (C=O) groups is 2. The van der Waals surface area contributed by atoms with E-state index in [2.05, 4.69) is 17.5 Å². The van der Waals surface area contributed by atoms with E-state index in [0.29, 0.717) is 18.7 Å². The molecule has 6 rings (SSSR count). The summed E-state index contributed by atoms with van der Waals surface area (Å²) < 4.78 is 11.4. The van der Waals surface area contributed by atoms with Crippen LogP contribution in [0.1, 0.15) is 52.1 Å². The Morgan fingerprint density at radius 3 is 2.28 bits per heavy atom. The molecule has 0 aliphatic carbocycles. The van der Waals surface area contributed by atoms with Crippen LogP contribution in [0.4, 0.5) is 5.69 Å². The van der Waals surface area contributed by atoms with Crippen molar-refractivity contribution in [1.29, 1.82) is 5.26 Å². The zero-order valence-electron chi connectivity index (χ0n) is 26.6. The Balaban J connectivity index is 1.11. The fraction of sp³-hybridized carbons (Fsp3) is 0.300. The first-order chi connectivity index (χ1) is 23.0. The molecule has 2 aliphatic rings. The van der Waals surface area contributed by atoms with Crippen LogP contribution in [0.5, 0.6) is 0 Å². The van der Waals surface area contributed by atoms with Gasteiger partial charge in [-0.2, -0.15) is 5.26 Å². The number of nitriles is 1. The Hall–Kier alpha value is -4.90. The molecule has 7 heteroatoms. The largest absolute Gasteiger partial charge is 0.469 e. The number of nitrogens with zero attached hydrogens (tertiary/aromatic N) is 2. The van der Waals surface area contributed by atoms with Gasteiger partial charge in [0.25, 0.3) is 0 Å². The summed E-state index contributed by atoms with van der Waals surface area (Å²) in [6.07, 6.45) is 2.58. The summed E-state index contributed by atoms with van der Waals surface area (Å²) in [5, 5.41) is 12.8. The van der Waals surface area contributed by atoms with Crippen LogP contribution in [-0.2, 0) is 38.3 Å². The second kappa shape index (κ2) is 15.1. The maximum atomic E-state index is 14.2. The van der Waals surface area contributed by atoms with Crippen molar-refractivity contribution in [3.05, 3.63) is 137 Å². The van der Waals surface area contributed by atoms with Gasteiger partial charge in [0.05, 0.1) is 49.6 Å². The number of aryl methyl sites for hydroxylation is 1. The average molecular weight is 626 g/mol. The molecule has 2 aliphatic heterocycles. The van der Waals surface area contributed by atoms with E-state index in [1.807, 2.05) is 97.1 Å². The third-order valence-corrected chi connectivity index (χ3v) is 9.30. The van der Waals surface area contributed by atoms with Gasteiger partial charge in [0.1, 0.15) is 5.78 Å². The SMILES string of the molecule is COC(=O)C[C@H](C(=O)Cc1ccccc1CC[C@@H]1CN[C@H](C2=Nc3ccc(C#N)cc3C2)CO1)C(c1ccccc1)c1ccccc1. The smallest absolute Gasteiger partial charge is 0.306 e. The first-order valence-electron chi connectivity index (χ1n) is 16.2. The molecule has 0 radical (unpaired) electrons. The number of fused-ring (bicyclic) bond motifs is 1. The lowest BCUT2D eigenvalue weighted by molar-refractivity contribution is -0.144. The molecule has 0 bridgehead atoms. The zero-order chi connectivity index (χ0) is 32.6. The van der Waals surface area contributed by atoms with Gasteiger partial charge in [-0.1, -0.05) is 84.9 Å². The third-order valence-electron chi connectivity index (χ3n) is 9.30. The Bertz CT molecular complexity index is 1730. The normalized spacial score (nSPS) is 17.8. The summed E-state index contributed by atoms with van der Waals surface area (Å²) in [7, 11) is 1.37. The summed E-state index contributed by atoms with van der Waals surface area (Å²) in [5.41, 5.74) is 7.79. The highest BCUT2D eigenvalue weighted by Gasteiger charge is 2.34. The monoisotopic (exact) mass is 625 g/mol. The molecule has 47 heavy (non-hydrogen) atoms. The van der Waals surface area contributed by atoms with Crippen LogP contribution in [0.2, 0.25) is 0 Å². The molecular weight excluding hydrogens is 586 g/mol. The summed E-state index contributed by atoms with van der Waals surface area (Å²) in [6, 6.07) is 35.8. The maximum absolute atomic E-state index is 14.2. The number of benzene rings is 4. The molecule has 4 aromatic rings. The van der Waals surface area contributed by atoms with E-state index in [1.54, 1.807) is 0 Å². The van der Waals surface area contributed by atoms with Crippen LogP contribution < -0.4 is 5.32 Å². The first kappa shape index (κ1) is 32.1. The number of morpholine rings is 1. The van der Waals surface area contributed by atoms with Crippen LogP contribution in [-0.4, -0.2) is 49.9 Å². The van der Waals surface area contributed by atoms with Crippen molar-refractivity contribution in [1.82, 2.24) is 5.32 Å². The highest BCUT2D eigenvalue weighted by atomic mass is 16.5. The Morgan fingerprint density at radius 2 is 1.64 bits per heavy atom. The van der Waals surface area contributed by atoms with Crippen molar-refractivity contribution in [2.75, 3.05) is 20.3 Å². The molecule has 4 aromatic carbocycles. The topological polar surface area (TPSA) is 101 Å². The van der Waals surface area contributed by atoms with E-state index >= 15 is 0 Å². The van der Waals surface area contributed by atoms with Crippen LogP contribution in [0.3, 0.4) is 0 Å². The minimum absolute atomic E-state index is 0.00453. The van der Waals surface area contributed by atoms with E-state index < -0.39 is 11.9 Å². The van der Waals surface area contributed by atoms with Crippen LogP contribution in [0.15, 0.2) is 108 Å². The molecule has 7 nitrogen and oxygen atoms in total. The molecule has 1 N–H and O–H groups in total. The van der Waals surface area contributed by atoms with Crippen LogP contribution in [0, 0.1) is 17.2 Å². The maximum Gasteiger partial charge on any atom is 0.306 e. The fourth-order valence-corrected chi connectivity index (χ4v) is 6.79. The van der Waals surface area contributed by atoms with Gasteiger partial charge in [0.2, 0.25) is 0 Å². The fourth-order valence-electron chi connectivity index (χ4n) is 6.79. The highest BCUT2D eigenvalue weighted by molar-refractivity contribution is 5.98. The van der Waals surface area contributed by atoms with Gasteiger partial charge in [0.15, 0.2) is 0 Å². The molecule has 0 spiro atoms. The number of Topliss-reactive ketones (excluding diaryl/α,β-unsaturated/α-hetero) is 1. The third kappa shape index (κ3) is 7.74. The molecule has 2 heterocycles. The van der Waals surface area contributed by atoms with Crippen LogP contribution >= 0.6 is 0 Å². The van der Waals surface area contributed by atoms with Gasteiger partial charge < -0.3 is 14.8 Å². The number of hydrogen-bond acceptors (Lipinski definition) is 7. The van der Waals surface area contributed by atoms with Crippen molar-refractivity contribution < 1.29 is 19.1 Å². The number of esters is 1. The predicted octanol–water partition coefficient (Wildman–Crippen LogP) is 6.30. The van der Waals surface area contributed by atoms with Gasteiger partial charge in [-0.3, -0.25) is 14.6 Å². The van der Waals surface area contributed by atoms with Crippen molar-refractivity contribution in [3.63, 3.8) is 0 Å². The zero-order valence-corrected chi connectivity index (χ0v) is 26.6. The number of aliphatic imine (C=N–C) groups is 1. The quantitative estimate of drug-likeness (QED) is 0.186. The van der Waals surface area contributed by atoms with E-state index in [9.17, 15) is 14.9 Å². The summed E-state index contributed by atoms with van der Waals surface area (Å²) >= 11 is 0.